The summed E-state index contributed by atoms with van der Waals surface area (Å²) in [5.41, 5.74) is 8.13. The first-order chi connectivity index (χ1) is 34.3. The fourth-order valence-corrected chi connectivity index (χ4v) is 10.9. The van der Waals surface area contributed by atoms with Gasteiger partial charge in [0.25, 0.3) is 42.7 Å². The predicted octanol–water partition coefficient (Wildman–Crippen LogP) is 6.90. The summed E-state index contributed by atoms with van der Waals surface area (Å²) in [6, 6.07) is 11.2. The van der Waals surface area contributed by atoms with Crippen molar-refractivity contribution in [2.75, 3.05) is 36.2 Å². The van der Waals surface area contributed by atoms with Crippen molar-refractivity contribution in [1.29, 1.82) is 0 Å². The number of nitrogen functional groups attached to an aromatic ring is 2. The van der Waals surface area contributed by atoms with Gasteiger partial charge in [-0.15, -0.1) is 34.2 Å². The highest BCUT2D eigenvalue weighted by Gasteiger charge is 2.26. The second-order valence-electron chi connectivity index (χ2n) is 13.2. The Labute approximate surface area is 423 Å². The van der Waals surface area contributed by atoms with E-state index in [1.165, 1.54) is 24.3 Å². The van der Waals surface area contributed by atoms with Crippen LogP contribution in [0.1, 0.15) is 0 Å². The van der Waals surface area contributed by atoms with Crippen molar-refractivity contribution >= 4 is 143 Å². The van der Waals surface area contributed by atoms with Crippen LogP contribution in [-0.4, -0.2) is 96.2 Å². The molecule has 5 aromatic carbocycles. The van der Waals surface area contributed by atoms with Crippen LogP contribution in [-0.2, 0) is 86.5 Å². The van der Waals surface area contributed by atoms with Gasteiger partial charge in [0.05, 0.1) is 51.6 Å². The molecule has 0 spiro atoms. The minimum atomic E-state index is -5.30. The van der Waals surface area contributed by atoms with E-state index in [9.17, 15) is 55.7 Å². The summed E-state index contributed by atoms with van der Waals surface area (Å²) in [6.45, 7) is -1.16. The molecule has 5 rings (SSSR count). The van der Waals surface area contributed by atoms with Gasteiger partial charge in [0, 0.05) is 10.8 Å². The Hall–Kier alpha value is -5.20. The van der Waals surface area contributed by atoms with Crippen LogP contribution >= 0.6 is 37.0 Å². The molecule has 73 heavy (non-hydrogen) atoms. The van der Waals surface area contributed by atoms with Crippen molar-refractivity contribution in [2.24, 2.45) is 30.7 Å². The van der Waals surface area contributed by atoms with Gasteiger partial charge >= 0.3 is 0 Å². The third kappa shape index (κ3) is 15.9. The molecule has 10 N–H and O–H groups in total. The van der Waals surface area contributed by atoms with E-state index in [1.54, 1.807) is 0 Å². The van der Waals surface area contributed by atoms with Crippen LogP contribution in [0.15, 0.2) is 128 Å². The molecular formula is C32H30N8O25S8. The number of nitrogens with zero attached hydrogens (tertiary/aromatic N) is 6. The Morgan fingerprint density at radius 2 is 0.932 bits per heavy atom. The maximum Gasteiger partial charge on any atom is 0.296 e. The highest BCUT2D eigenvalue weighted by atomic mass is 32.2. The molecule has 0 fully saturated rings. The number of benzene rings is 5. The van der Waals surface area contributed by atoms with Gasteiger partial charge in [-0.2, -0.15) is 30.4 Å². The molecule has 0 saturated heterocycles. The van der Waals surface area contributed by atoms with Crippen LogP contribution in [0.2, 0.25) is 0 Å². The summed E-state index contributed by atoms with van der Waals surface area (Å²) in [4.78, 5) is -4.28. The summed E-state index contributed by atoms with van der Waals surface area (Å²) in [6.07, 6.45) is 0. The molecule has 396 valence electrons. The Morgan fingerprint density at radius 3 is 1.38 bits per heavy atom. The molecular weight excluding hydrogens is 1150 g/mol. The van der Waals surface area contributed by atoms with E-state index < -0.39 is 139 Å². The highest BCUT2D eigenvalue weighted by molar-refractivity contribution is 7.92. The van der Waals surface area contributed by atoms with E-state index in [0.29, 0.717) is 12.1 Å². The van der Waals surface area contributed by atoms with Gasteiger partial charge in [0.1, 0.15) is 48.9 Å². The van der Waals surface area contributed by atoms with Crippen LogP contribution in [0.3, 0.4) is 0 Å². The predicted molar refractivity (Wildman–Crippen MR) is 248 cm³/mol. The number of sulfone groups is 2. The number of hydrogen-bond donors (Lipinski definition) is 8. The molecule has 5 aromatic rings. The van der Waals surface area contributed by atoms with Crippen molar-refractivity contribution in [3.8, 4) is 5.75 Å². The number of rotatable bonds is 27. The lowest BCUT2D eigenvalue weighted by molar-refractivity contribution is -0.434. The van der Waals surface area contributed by atoms with E-state index in [0.717, 1.165) is 36.4 Å². The van der Waals surface area contributed by atoms with Gasteiger partial charge in [-0.1, -0.05) is 31.6 Å². The number of nitrogens with two attached hydrogens (primary N) is 2. The van der Waals surface area contributed by atoms with Crippen molar-refractivity contribution in [2.45, 2.75) is 24.5 Å². The first-order valence-electron chi connectivity index (χ1n) is 18.4. The lowest BCUT2D eigenvalue weighted by Crippen LogP contribution is -2.12. The monoisotopic (exact) mass is 1180 g/mol. The molecule has 0 radical (unpaired) electrons. The first-order valence-corrected chi connectivity index (χ1v) is 28.0. The van der Waals surface area contributed by atoms with Crippen molar-refractivity contribution < 1.29 is 112 Å². The molecule has 0 aliphatic carbocycles. The maximum absolute atomic E-state index is 13.0. The third-order valence-electron chi connectivity index (χ3n) is 8.71. The third-order valence-corrected chi connectivity index (χ3v) is 15.8. The minimum Gasteiger partial charge on any atom is -0.398 e. The van der Waals surface area contributed by atoms with Gasteiger partial charge in [-0.05, 0) is 60.7 Å². The molecule has 41 heteroatoms. The van der Waals surface area contributed by atoms with Gasteiger partial charge in [-0.25, -0.2) is 32.6 Å². The molecule has 0 atom stereocenters. The second kappa shape index (κ2) is 25.4. The summed E-state index contributed by atoms with van der Waals surface area (Å²) in [5.74, 6) is -1.73. The molecule has 0 aliphatic rings. The molecule has 0 aromatic heterocycles. The van der Waals surface area contributed by atoms with Crippen LogP contribution in [0.25, 0.3) is 10.8 Å². The summed E-state index contributed by atoms with van der Waals surface area (Å²) < 4.78 is 184. The zero-order chi connectivity index (χ0) is 53.8. The Bertz CT molecular complexity index is 3360. The molecule has 0 aliphatic heterocycles. The summed E-state index contributed by atoms with van der Waals surface area (Å²) >= 11 is 0.205. The van der Waals surface area contributed by atoms with E-state index in [2.05, 4.69) is 58.8 Å². The summed E-state index contributed by atoms with van der Waals surface area (Å²) in [5, 5.41) is 58.1. The van der Waals surface area contributed by atoms with E-state index in [4.69, 9.17) is 39.8 Å². The second-order valence-corrected chi connectivity index (χ2v) is 23.0. The fourth-order valence-electron chi connectivity index (χ4n) is 5.59. The van der Waals surface area contributed by atoms with Crippen LogP contribution in [0.5, 0.6) is 5.75 Å². The number of azo groups is 3. The number of fused-ring (bicyclic) bond motifs is 1. The Balaban J connectivity index is 1.68. The highest BCUT2D eigenvalue weighted by Crippen LogP contribution is 2.46. The molecule has 0 heterocycles. The van der Waals surface area contributed by atoms with Crippen molar-refractivity contribution in [3.63, 3.8) is 0 Å². The topological polar surface area (TPSA) is 501 Å². The molecule has 0 amide bonds. The molecule has 33 nitrogen and oxygen atoms in total. The summed E-state index contributed by atoms with van der Waals surface area (Å²) in [7, 11) is -24.4. The number of anilines is 2. The van der Waals surface area contributed by atoms with E-state index >= 15 is 0 Å². The zero-order valence-corrected chi connectivity index (χ0v) is 41.8. The zero-order valence-electron chi connectivity index (χ0n) is 35.3. The first kappa shape index (κ1) is 58.7. The van der Waals surface area contributed by atoms with Gasteiger partial charge in [0.15, 0.2) is 44.3 Å². The van der Waals surface area contributed by atoms with Crippen LogP contribution in [0, 0.1) is 0 Å². The molecule has 0 bridgehead atoms. The lowest BCUT2D eigenvalue weighted by atomic mass is 10.1. The average molecular weight is 1180 g/mol. The fraction of sp³-hybridized carbons (Fsp3) is 0.125. The van der Waals surface area contributed by atoms with Crippen LogP contribution < -0.4 is 15.7 Å². The smallest absolute Gasteiger partial charge is 0.296 e. The average Bonchev–Trinajstić information content (AvgIpc) is 3.32. The van der Waals surface area contributed by atoms with Crippen LogP contribution in [0.4, 0.5) is 45.5 Å². The number of hydrogen-bond acceptors (Lipinski definition) is 33. The molecule has 0 saturated carbocycles. The lowest BCUT2D eigenvalue weighted by Gasteiger charge is -2.11. The maximum atomic E-state index is 13.0. The quantitative estimate of drug-likeness (QED) is 0.00504. The van der Waals surface area contributed by atoms with Crippen molar-refractivity contribution in [3.05, 3.63) is 72.8 Å². The largest absolute Gasteiger partial charge is 0.398 e. The standard InChI is InChI=1S/C32H30N8O25S8/c33-30-24(38-36-22-6-4-18(14-28(22)72(51,52)53)69(44,45)10-8-57-66-63-60-41)16-25(39-37-23-7-5-19(15-29(23)73(54,55)56)70(46,47)11-9-58-67-64-61-42)31(34)32(30)40-35-17-12-21-20(27(13-17)71(48,49)50)2-1-3-26(21)59-68-65-62-43/h1-7,12-16,41-43H,8-11,33-34H2,(H,48,49,50)(H,51,52,53)(H,54,55,56)/b38-36+,39-37+,40-35+. The Kier molecular flexibility index (Phi) is 20.4. The minimum absolute atomic E-state index is 0.0600. The Morgan fingerprint density at radius 1 is 0.479 bits per heavy atom. The normalized spacial score (nSPS) is 13.0. The van der Waals surface area contributed by atoms with Gasteiger partial charge in [0.2, 0.25) is 0 Å². The SMILES string of the molecule is Nc1c(/N=N/c2ccc(S(=O)(=O)CCOSOOO)cc2S(=O)(=O)O)cc(/N=N/c2ccc(S(=O)(=O)CCOSOOO)cc2S(=O)(=O)O)c(N)c1/N=N/c1cc(S(=O)(=O)O)c2cccc(OSOOO)c2c1. The van der Waals surface area contributed by atoms with Gasteiger partial charge < -0.3 is 15.7 Å². The van der Waals surface area contributed by atoms with E-state index in [-0.39, 0.29) is 59.2 Å². The molecule has 0 unspecified atom stereocenters. The van der Waals surface area contributed by atoms with E-state index in [1.807, 2.05) is 0 Å². The van der Waals surface area contributed by atoms with Crippen molar-refractivity contribution in [1.82, 2.24) is 0 Å². The van der Waals surface area contributed by atoms with Gasteiger partial charge in [-0.3, -0.25) is 22.0 Å².